The fourth-order valence-corrected chi connectivity index (χ4v) is 3.86. The topological polar surface area (TPSA) is 63.4 Å². The molecule has 5 rings (SSSR count). The van der Waals surface area contributed by atoms with Crippen molar-refractivity contribution in [3.8, 4) is 0 Å². The highest BCUT2D eigenvalue weighted by Gasteiger charge is 2.44. The third-order valence-corrected chi connectivity index (χ3v) is 5.40. The first-order chi connectivity index (χ1) is 14.0. The fourth-order valence-electron chi connectivity index (χ4n) is 3.63. The van der Waals surface area contributed by atoms with Crippen molar-refractivity contribution in [2.45, 2.75) is 6.04 Å². The Labute approximate surface area is 175 Å². The van der Waals surface area contributed by atoms with Crippen LogP contribution in [0.25, 0.3) is 11.0 Å². The SMILES string of the molecule is O=C1c2oc3ccccc3c(=O)c2[C@@H](c2ccc(Cl)cc2)N1c1ccc(Cl)cn1. The number of para-hydroxylation sites is 1. The van der Waals surface area contributed by atoms with Crippen molar-refractivity contribution in [1.82, 2.24) is 4.98 Å². The Balaban J connectivity index is 1.81. The molecule has 0 saturated carbocycles. The normalized spacial score (nSPS) is 15.7. The van der Waals surface area contributed by atoms with Crippen LogP contribution in [0.2, 0.25) is 10.0 Å². The van der Waals surface area contributed by atoms with E-state index in [4.69, 9.17) is 27.6 Å². The predicted octanol–water partition coefficient (Wildman–Crippen LogP) is 5.24. The van der Waals surface area contributed by atoms with E-state index in [1.54, 1.807) is 60.7 Å². The second-order valence-electron chi connectivity index (χ2n) is 6.63. The Morgan fingerprint density at radius 2 is 1.62 bits per heavy atom. The summed E-state index contributed by atoms with van der Waals surface area (Å²) < 4.78 is 5.88. The minimum Gasteiger partial charge on any atom is -0.450 e. The predicted molar refractivity (Wildman–Crippen MR) is 112 cm³/mol. The number of carbonyl (C=O) groups excluding carboxylic acids is 1. The van der Waals surface area contributed by atoms with Crippen LogP contribution in [0.1, 0.15) is 27.7 Å². The summed E-state index contributed by atoms with van der Waals surface area (Å²) >= 11 is 12.0. The molecule has 0 radical (unpaired) electrons. The molecule has 0 aliphatic carbocycles. The Kier molecular flexibility index (Phi) is 4.15. The molecule has 1 aliphatic rings. The zero-order chi connectivity index (χ0) is 20.1. The minimum absolute atomic E-state index is 0.0189. The Bertz CT molecular complexity index is 1310. The highest BCUT2D eigenvalue weighted by Crippen LogP contribution is 2.40. The van der Waals surface area contributed by atoms with E-state index in [9.17, 15) is 9.59 Å². The van der Waals surface area contributed by atoms with Gasteiger partial charge in [0.05, 0.1) is 22.0 Å². The fraction of sp³-hybridized carbons (Fsp3) is 0.0455. The van der Waals surface area contributed by atoms with E-state index >= 15 is 0 Å². The van der Waals surface area contributed by atoms with Crippen LogP contribution < -0.4 is 10.3 Å². The van der Waals surface area contributed by atoms with Crippen LogP contribution in [-0.2, 0) is 0 Å². The Hall–Kier alpha value is -3.15. The third kappa shape index (κ3) is 2.82. The molecule has 2 aromatic heterocycles. The lowest BCUT2D eigenvalue weighted by Crippen LogP contribution is -2.30. The van der Waals surface area contributed by atoms with Gasteiger partial charge in [-0.2, -0.15) is 0 Å². The molecule has 0 fully saturated rings. The van der Waals surface area contributed by atoms with Gasteiger partial charge in [-0.05, 0) is 42.0 Å². The molecular formula is C22H12Cl2N2O3. The summed E-state index contributed by atoms with van der Waals surface area (Å²) in [6.45, 7) is 0. The summed E-state index contributed by atoms with van der Waals surface area (Å²) in [6, 6.07) is 16.5. The Morgan fingerprint density at radius 3 is 2.34 bits per heavy atom. The molecule has 2 aromatic carbocycles. The second-order valence-corrected chi connectivity index (χ2v) is 7.51. The summed E-state index contributed by atoms with van der Waals surface area (Å²) in [7, 11) is 0. The number of carbonyl (C=O) groups is 1. The van der Waals surface area contributed by atoms with Crippen LogP contribution in [0.3, 0.4) is 0 Å². The number of amides is 1. The van der Waals surface area contributed by atoms with Crippen molar-refractivity contribution in [3.05, 3.63) is 104 Å². The molecule has 3 heterocycles. The van der Waals surface area contributed by atoms with Gasteiger partial charge in [-0.3, -0.25) is 14.5 Å². The number of nitrogens with zero attached hydrogens (tertiary/aromatic N) is 2. The van der Waals surface area contributed by atoms with Crippen LogP contribution in [0.4, 0.5) is 5.82 Å². The van der Waals surface area contributed by atoms with E-state index in [1.165, 1.54) is 11.1 Å². The average molecular weight is 423 g/mol. The lowest BCUT2D eigenvalue weighted by molar-refractivity contribution is 0.0970. The van der Waals surface area contributed by atoms with Crippen molar-refractivity contribution < 1.29 is 9.21 Å². The smallest absolute Gasteiger partial charge is 0.296 e. The number of rotatable bonds is 2. The number of hydrogen-bond acceptors (Lipinski definition) is 4. The van der Waals surface area contributed by atoms with Gasteiger partial charge in [0.1, 0.15) is 11.4 Å². The van der Waals surface area contributed by atoms with Crippen molar-refractivity contribution in [2.75, 3.05) is 4.90 Å². The van der Waals surface area contributed by atoms with Crippen molar-refractivity contribution in [1.29, 1.82) is 0 Å². The van der Waals surface area contributed by atoms with Gasteiger partial charge in [0, 0.05) is 11.2 Å². The van der Waals surface area contributed by atoms with Crippen LogP contribution in [0.15, 0.2) is 76.1 Å². The molecule has 0 unspecified atom stereocenters. The zero-order valence-electron chi connectivity index (χ0n) is 14.8. The maximum atomic E-state index is 13.3. The summed E-state index contributed by atoms with van der Waals surface area (Å²) in [5.74, 6) is -0.0442. The number of hydrogen-bond donors (Lipinski definition) is 0. The number of halogens is 2. The van der Waals surface area contributed by atoms with E-state index < -0.39 is 11.9 Å². The average Bonchev–Trinajstić information content (AvgIpc) is 3.02. The van der Waals surface area contributed by atoms with E-state index in [0.717, 1.165) is 5.56 Å². The maximum absolute atomic E-state index is 13.3. The van der Waals surface area contributed by atoms with Crippen LogP contribution >= 0.6 is 23.2 Å². The molecule has 7 heteroatoms. The molecule has 1 atom stereocenters. The summed E-state index contributed by atoms with van der Waals surface area (Å²) in [5, 5.41) is 1.42. The quantitative estimate of drug-likeness (QED) is 0.442. The van der Waals surface area contributed by atoms with E-state index in [0.29, 0.717) is 26.8 Å². The molecule has 142 valence electrons. The number of aromatic nitrogens is 1. The summed E-state index contributed by atoms with van der Waals surface area (Å²) in [6.07, 6.45) is 1.46. The first kappa shape index (κ1) is 17.9. The van der Waals surface area contributed by atoms with Gasteiger partial charge in [-0.1, -0.05) is 47.5 Å². The number of benzene rings is 2. The van der Waals surface area contributed by atoms with Gasteiger partial charge in [-0.15, -0.1) is 0 Å². The van der Waals surface area contributed by atoms with Gasteiger partial charge in [0.2, 0.25) is 5.76 Å². The lowest BCUT2D eigenvalue weighted by Gasteiger charge is -2.24. The Morgan fingerprint density at radius 1 is 0.897 bits per heavy atom. The van der Waals surface area contributed by atoms with Gasteiger partial charge in [0.25, 0.3) is 5.91 Å². The molecule has 0 saturated heterocycles. The molecular weight excluding hydrogens is 411 g/mol. The van der Waals surface area contributed by atoms with Crippen molar-refractivity contribution in [2.24, 2.45) is 0 Å². The van der Waals surface area contributed by atoms with Gasteiger partial charge in [0.15, 0.2) is 5.43 Å². The lowest BCUT2D eigenvalue weighted by atomic mass is 9.98. The maximum Gasteiger partial charge on any atom is 0.296 e. The summed E-state index contributed by atoms with van der Waals surface area (Å²) in [5.41, 5.74) is 1.13. The monoisotopic (exact) mass is 422 g/mol. The summed E-state index contributed by atoms with van der Waals surface area (Å²) in [4.78, 5) is 32.4. The van der Waals surface area contributed by atoms with Crippen molar-refractivity contribution in [3.63, 3.8) is 0 Å². The van der Waals surface area contributed by atoms with Gasteiger partial charge >= 0.3 is 0 Å². The minimum atomic E-state index is -0.690. The molecule has 0 N–H and O–H groups in total. The number of pyridine rings is 1. The molecule has 5 nitrogen and oxygen atoms in total. The van der Waals surface area contributed by atoms with Gasteiger partial charge < -0.3 is 4.42 Å². The van der Waals surface area contributed by atoms with Crippen LogP contribution in [0.5, 0.6) is 0 Å². The molecule has 0 spiro atoms. The zero-order valence-corrected chi connectivity index (χ0v) is 16.3. The molecule has 29 heavy (non-hydrogen) atoms. The second kappa shape index (κ2) is 6.72. The third-order valence-electron chi connectivity index (χ3n) is 4.92. The largest absolute Gasteiger partial charge is 0.450 e. The molecule has 1 amide bonds. The van der Waals surface area contributed by atoms with E-state index in [1.807, 2.05) is 0 Å². The first-order valence-electron chi connectivity index (χ1n) is 8.81. The van der Waals surface area contributed by atoms with E-state index in [-0.39, 0.29) is 16.8 Å². The highest BCUT2D eigenvalue weighted by atomic mass is 35.5. The van der Waals surface area contributed by atoms with Crippen LogP contribution in [0, 0.1) is 0 Å². The number of fused-ring (bicyclic) bond motifs is 2. The first-order valence-corrected chi connectivity index (χ1v) is 9.56. The van der Waals surface area contributed by atoms with Crippen LogP contribution in [-0.4, -0.2) is 10.9 Å². The van der Waals surface area contributed by atoms with E-state index in [2.05, 4.69) is 4.98 Å². The number of anilines is 1. The molecule has 1 aliphatic heterocycles. The molecule has 4 aromatic rings. The standard InChI is InChI=1S/C22H12Cl2N2O3/c23-13-7-5-12(6-8-13)19-18-20(27)15-3-1-2-4-16(15)29-21(18)22(28)26(19)17-10-9-14(24)11-25-17/h1-11,19H/t19-/m1/s1. The van der Waals surface area contributed by atoms with Crippen molar-refractivity contribution >= 4 is 45.9 Å². The molecule has 0 bridgehead atoms. The van der Waals surface area contributed by atoms with Gasteiger partial charge in [-0.25, -0.2) is 4.98 Å². The highest BCUT2D eigenvalue weighted by molar-refractivity contribution is 6.30.